The fraction of sp³-hybridized carbons (Fsp3) is 0.286. The van der Waals surface area contributed by atoms with Gasteiger partial charge in [-0.15, -0.1) is 0 Å². The van der Waals surface area contributed by atoms with Crippen molar-refractivity contribution in [1.82, 2.24) is 15.5 Å². The first-order valence-corrected chi connectivity index (χ1v) is 9.43. The molecule has 3 aromatic rings. The second kappa shape index (κ2) is 8.96. The Morgan fingerprint density at radius 1 is 1.21 bits per heavy atom. The number of aryl methyl sites for hydroxylation is 2. The van der Waals surface area contributed by atoms with E-state index in [2.05, 4.69) is 15.5 Å². The molecule has 0 radical (unpaired) electrons. The molecule has 0 spiro atoms. The van der Waals surface area contributed by atoms with Crippen molar-refractivity contribution < 1.29 is 18.8 Å². The number of halogens is 1. The molecule has 0 aliphatic heterocycles. The van der Waals surface area contributed by atoms with Crippen LogP contribution in [-0.2, 0) is 11.3 Å². The van der Waals surface area contributed by atoms with Crippen LogP contribution in [0.1, 0.15) is 23.9 Å². The number of carbonyl (C=O) groups is 1. The van der Waals surface area contributed by atoms with E-state index in [9.17, 15) is 4.79 Å². The van der Waals surface area contributed by atoms with Crippen LogP contribution in [-0.4, -0.2) is 29.3 Å². The summed E-state index contributed by atoms with van der Waals surface area (Å²) in [5, 5.41) is 7.37. The summed E-state index contributed by atoms with van der Waals surface area (Å²) < 4.78 is 16.1. The highest BCUT2D eigenvalue weighted by Gasteiger charge is 2.17. The number of ether oxygens (including phenoxy) is 2. The quantitative estimate of drug-likeness (QED) is 0.625. The van der Waals surface area contributed by atoms with Crippen molar-refractivity contribution in [3.05, 3.63) is 58.4 Å². The van der Waals surface area contributed by atoms with Gasteiger partial charge in [-0.1, -0.05) is 28.9 Å². The second-order valence-electron chi connectivity index (χ2n) is 6.59. The topological polar surface area (TPSA) is 86.5 Å². The molecule has 0 unspecified atom stereocenters. The monoisotopic (exact) mass is 415 g/mol. The molecule has 1 heterocycles. The number of hydrogen-bond donors (Lipinski definition) is 1. The van der Waals surface area contributed by atoms with E-state index in [-0.39, 0.29) is 12.5 Å². The van der Waals surface area contributed by atoms with Gasteiger partial charge in [-0.3, -0.25) is 4.79 Å². The smallest absolute Gasteiger partial charge is 0.261 e. The second-order valence-corrected chi connectivity index (χ2v) is 6.97. The Balaban J connectivity index is 1.58. The number of nitrogens with one attached hydrogen (secondary N) is 1. The van der Waals surface area contributed by atoms with Crippen molar-refractivity contribution in [3.8, 4) is 22.9 Å². The maximum atomic E-state index is 12.3. The molecular formula is C21H22ClN3O4. The highest BCUT2D eigenvalue weighted by Crippen LogP contribution is 2.26. The van der Waals surface area contributed by atoms with Crippen LogP contribution >= 0.6 is 11.6 Å². The van der Waals surface area contributed by atoms with Gasteiger partial charge >= 0.3 is 0 Å². The van der Waals surface area contributed by atoms with Crippen molar-refractivity contribution in [1.29, 1.82) is 0 Å². The summed E-state index contributed by atoms with van der Waals surface area (Å²) in [5.74, 6) is 1.70. The molecule has 3 rings (SSSR count). The van der Waals surface area contributed by atoms with Crippen molar-refractivity contribution in [2.45, 2.75) is 33.4 Å². The Bertz CT molecular complexity index is 996. The maximum absolute atomic E-state index is 12.3. The number of amides is 1. The van der Waals surface area contributed by atoms with Crippen LogP contribution in [0.3, 0.4) is 0 Å². The number of carbonyl (C=O) groups excluding carboxylic acids is 1. The Kier molecular flexibility index (Phi) is 6.39. The van der Waals surface area contributed by atoms with Gasteiger partial charge in [-0.05, 0) is 56.2 Å². The number of nitrogens with zero attached hydrogens (tertiary/aromatic N) is 2. The molecule has 0 fully saturated rings. The lowest BCUT2D eigenvalue weighted by Crippen LogP contribution is -2.36. The van der Waals surface area contributed by atoms with Gasteiger partial charge < -0.3 is 19.3 Å². The zero-order valence-corrected chi connectivity index (χ0v) is 17.4. The van der Waals surface area contributed by atoms with Gasteiger partial charge in [0.05, 0.1) is 13.7 Å². The van der Waals surface area contributed by atoms with Gasteiger partial charge in [-0.2, -0.15) is 4.98 Å². The van der Waals surface area contributed by atoms with E-state index < -0.39 is 6.10 Å². The lowest BCUT2D eigenvalue weighted by Gasteiger charge is -2.15. The normalized spacial score (nSPS) is 11.8. The highest BCUT2D eigenvalue weighted by molar-refractivity contribution is 6.32. The SMILES string of the molecule is COc1cccc(-c2noc(CNC(=O)[C@@H](C)Oc3cc(C)c(Cl)c(C)c3)n2)c1. The third-order valence-electron chi connectivity index (χ3n) is 4.30. The molecule has 0 aliphatic rings. The summed E-state index contributed by atoms with van der Waals surface area (Å²) in [6.45, 7) is 5.55. The third-order valence-corrected chi connectivity index (χ3v) is 4.90. The molecule has 8 heteroatoms. The molecule has 152 valence electrons. The lowest BCUT2D eigenvalue weighted by molar-refractivity contribution is -0.127. The first-order valence-electron chi connectivity index (χ1n) is 9.05. The van der Waals surface area contributed by atoms with Crippen LogP contribution in [0.2, 0.25) is 5.02 Å². The molecule has 0 bridgehead atoms. The third kappa shape index (κ3) is 5.06. The minimum absolute atomic E-state index is 0.0994. The Labute approximate surface area is 174 Å². The van der Waals surface area contributed by atoms with Crippen molar-refractivity contribution in [2.75, 3.05) is 7.11 Å². The molecule has 0 saturated heterocycles. The number of methoxy groups -OCH3 is 1. The highest BCUT2D eigenvalue weighted by atomic mass is 35.5. The minimum atomic E-state index is -0.698. The number of benzene rings is 2. The van der Waals surface area contributed by atoms with Crippen LogP contribution < -0.4 is 14.8 Å². The molecule has 29 heavy (non-hydrogen) atoms. The molecule has 1 N–H and O–H groups in total. The summed E-state index contributed by atoms with van der Waals surface area (Å²) in [7, 11) is 1.59. The van der Waals surface area contributed by atoms with Crippen LogP contribution in [0.25, 0.3) is 11.4 Å². The predicted molar refractivity (Wildman–Crippen MR) is 109 cm³/mol. The van der Waals surface area contributed by atoms with E-state index >= 15 is 0 Å². The minimum Gasteiger partial charge on any atom is -0.497 e. The van der Waals surface area contributed by atoms with E-state index in [1.807, 2.05) is 32.0 Å². The largest absolute Gasteiger partial charge is 0.497 e. The lowest BCUT2D eigenvalue weighted by atomic mass is 10.1. The standard InChI is InChI=1S/C21H22ClN3O4/c1-12-8-17(9-13(2)19(12)22)28-14(3)21(26)23-11-18-24-20(25-29-18)15-6-5-7-16(10-15)27-4/h5-10,14H,11H2,1-4H3,(H,23,26)/t14-/m1/s1. The van der Waals surface area contributed by atoms with E-state index in [0.29, 0.717) is 28.2 Å². The van der Waals surface area contributed by atoms with Gasteiger partial charge in [0.25, 0.3) is 5.91 Å². The van der Waals surface area contributed by atoms with Crippen molar-refractivity contribution >= 4 is 17.5 Å². The molecule has 7 nitrogen and oxygen atoms in total. The van der Waals surface area contributed by atoms with Crippen molar-refractivity contribution in [2.24, 2.45) is 0 Å². The molecule has 2 aromatic carbocycles. The van der Waals surface area contributed by atoms with Gasteiger partial charge in [0.2, 0.25) is 11.7 Å². The van der Waals surface area contributed by atoms with Crippen LogP contribution in [0.4, 0.5) is 0 Å². The average molecular weight is 416 g/mol. The summed E-state index contributed by atoms with van der Waals surface area (Å²) in [6.07, 6.45) is -0.698. The zero-order chi connectivity index (χ0) is 21.0. The van der Waals surface area contributed by atoms with E-state index in [1.54, 1.807) is 32.2 Å². The summed E-state index contributed by atoms with van der Waals surface area (Å²) >= 11 is 6.16. The zero-order valence-electron chi connectivity index (χ0n) is 16.7. The van der Waals surface area contributed by atoms with E-state index in [1.165, 1.54) is 0 Å². The van der Waals surface area contributed by atoms with E-state index in [0.717, 1.165) is 16.7 Å². The number of aromatic nitrogens is 2. The number of rotatable bonds is 7. The van der Waals surface area contributed by atoms with Crippen LogP contribution in [0.15, 0.2) is 40.9 Å². The fourth-order valence-corrected chi connectivity index (χ4v) is 2.85. The predicted octanol–water partition coefficient (Wildman–Crippen LogP) is 4.10. The van der Waals surface area contributed by atoms with Crippen LogP contribution in [0, 0.1) is 13.8 Å². The Morgan fingerprint density at radius 2 is 1.93 bits per heavy atom. The molecule has 0 aliphatic carbocycles. The first-order chi connectivity index (χ1) is 13.9. The average Bonchev–Trinajstić information content (AvgIpc) is 3.19. The Morgan fingerprint density at radius 3 is 2.62 bits per heavy atom. The molecule has 1 atom stereocenters. The number of hydrogen-bond acceptors (Lipinski definition) is 6. The summed E-state index contributed by atoms with van der Waals surface area (Å²) in [5.41, 5.74) is 2.55. The molecule has 0 saturated carbocycles. The first kappa shape index (κ1) is 20.7. The maximum Gasteiger partial charge on any atom is 0.261 e. The summed E-state index contributed by atoms with van der Waals surface area (Å²) in [6, 6.07) is 10.9. The van der Waals surface area contributed by atoms with Crippen LogP contribution in [0.5, 0.6) is 11.5 Å². The van der Waals surface area contributed by atoms with E-state index in [4.69, 9.17) is 25.6 Å². The van der Waals surface area contributed by atoms with Gasteiger partial charge in [0, 0.05) is 10.6 Å². The van der Waals surface area contributed by atoms with Gasteiger partial charge in [-0.25, -0.2) is 0 Å². The van der Waals surface area contributed by atoms with Gasteiger partial charge in [0.15, 0.2) is 6.10 Å². The molecular weight excluding hydrogens is 394 g/mol. The van der Waals surface area contributed by atoms with Crippen molar-refractivity contribution in [3.63, 3.8) is 0 Å². The molecule has 1 amide bonds. The molecule has 1 aromatic heterocycles. The summed E-state index contributed by atoms with van der Waals surface area (Å²) in [4.78, 5) is 16.6. The Hall–Kier alpha value is -3.06. The fourth-order valence-electron chi connectivity index (χ4n) is 2.74. The van der Waals surface area contributed by atoms with Gasteiger partial charge in [0.1, 0.15) is 11.5 Å².